The van der Waals surface area contributed by atoms with Crippen LogP contribution in [0.25, 0.3) is 0 Å². The molecule has 0 aromatic rings. The molecule has 0 aromatic heterocycles. The molecule has 2 heterocycles. The summed E-state index contributed by atoms with van der Waals surface area (Å²) >= 11 is 0. The third-order valence-corrected chi connectivity index (χ3v) is 2.70. The molecule has 0 unspecified atom stereocenters. The first-order chi connectivity index (χ1) is 6.54. The van der Waals surface area contributed by atoms with Crippen LogP contribution in [-0.4, -0.2) is 39.8 Å². The first kappa shape index (κ1) is 10.1. The van der Waals surface area contributed by atoms with E-state index in [1.165, 1.54) is 0 Å². The Bertz CT molecular complexity index is 334. The zero-order chi connectivity index (χ0) is 10.2. The van der Waals surface area contributed by atoms with Crippen molar-refractivity contribution >= 4 is 10.1 Å². The topological polar surface area (TPSA) is 61.8 Å². The normalized spacial score (nSPS) is 36.2. The van der Waals surface area contributed by atoms with Gasteiger partial charge in [0.05, 0.1) is 19.0 Å². The van der Waals surface area contributed by atoms with Crippen LogP contribution in [0.4, 0.5) is 0 Å². The van der Waals surface area contributed by atoms with Gasteiger partial charge in [0, 0.05) is 0 Å². The van der Waals surface area contributed by atoms with Gasteiger partial charge in [0.1, 0.15) is 6.10 Å². The third-order valence-electron chi connectivity index (χ3n) is 2.14. The summed E-state index contributed by atoms with van der Waals surface area (Å²) in [7, 11) is -3.40. The van der Waals surface area contributed by atoms with Gasteiger partial charge in [0.25, 0.3) is 10.1 Å². The summed E-state index contributed by atoms with van der Waals surface area (Å²) in [6, 6.07) is 0. The van der Waals surface area contributed by atoms with E-state index in [2.05, 4.69) is 4.18 Å². The van der Waals surface area contributed by atoms with Crippen LogP contribution in [0.1, 0.15) is 6.42 Å². The van der Waals surface area contributed by atoms with Crippen LogP contribution < -0.4 is 0 Å². The number of rotatable bonds is 3. The predicted molar refractivity (Wildman–Crippen MR) is 48.1 cm³/mol. The standard InChI is InChI=1S/C8H12O5S/c1-14(9,10)11-5-7-6-3-2-4-8(12-6)13-7/h2,4,6-8H,3,5H2,1H3/t6-,7-,8-/m1/s1. The summed E-state index contributed by atoms with van der Waals surface area (Å²) in [5, 5.41) is 0. The van der Waals surface area contributed by atoms with Gasteiger partial charge in [-0.2, -0.15) is 8.42 Å². The molecule has 80 valence electrons. The first-order valence-electron chi connectivity index (χ1n) is 4.36. The lowest BCUT2D eigenvalue weighted by atomic mass is 10.1. The minimum absolute atomic E-state index is 0.0294. The van der Waals surface area contributed by atoms with E-state index in [1.807, 2.05) is 12.2 Å². The van der Waals surface area contributed by atoms with E-state index < -0.39 is 10.1 Å². The Balaban J connectivity index is 1.89. The summed E-state index contributed by atoms with van der Waals surface area (Å²) in [4.78, 5) is 0. The molecule has 14 heavy (non-hydrogen) atoms. The highest BCUT2D eigenvalue weighted by Crippen LogP contribution is 2.27. The van der Waals surface area contributed by atoms with Gasteiger partial charge in [-0.3, -0.25) is 4.18 Å². The monoisotopic (exact) mass is 220 g/mol. The SMILES string of the molecule is CS(=O)(=O)OC[C@H]1O[C@@H]2C=CC[C@H]1O2. The molecule has 0 spiro atoms. The Labute approximate surface area is 82.8 Å². The van der Waals surface area contributed by atoms with E-state index >= 15 is 0 Å². The zero-order valence-electron chi connectivity index (χ0n) is 7.75. The second-order valence-corrected chi connectivity index (χ2v) is 5.01. The van der Waals surface area contributed by atoms with Crippen molar-refractivity contribution in [2.24, 2.45) is 0 Å². The van der Waals surface area contributed by atoms with Gasteiger partial charge in [-0.05, 0) is 12.5 Å². The summed E-state index contributed by atoms with van der Waals surface area (Å²) in [5.74, 6) is 0. The van der Waals surface area contributed by atoms with Crippen molar-refractivity contribution in [3.63, 3.8) is 0 Å². The molecule has 1 fully saturated rings. The van der Waals surface area contributed by atoms with E-state index in [9.17, 15) is 8.42 Å². The van der Waals surface area contributed by atoms with Crippen LogP contribution in [-0.2, 0) is 23.8 Å². The number of hydrogen-bond acceptors (Lipinski definition) is 5. The number of ether oxygens (including phenoxy) is 2. The largest absolute Gasteiger partial charge is 0.343 e. The van der Waals surface area contributed by atoms with Crippen molar-refractivity contribution in [1.82, 2.24) is 0 Å². The molecule has 3 atom stereocenters. The highest BCUT2D eigenvalue weighted by molar-refractivity contribution is 7.85. The van der Waals surface area contributed by atoms with Gasteiger partial charge in [0.15, 0.2) is 6.29 Å². The molecule has 5 nitrogen and oxygen atoms in total. The van der Waals surface area contributed by atoms with Gasteiger partial charge in [0.2, 0.25) is 0 Å². The molecule has 0 saturated carbocycles. The Morgan fingerprint density at radius 3 is 2.93 bits per heavy atom. The van der Waals surface area contributed by atoms with Crippen molar-refractivity contribution in [3.05, 3.63) is 12.2 Å². The highest BCUT2D eigenvalue weighted by atomic mass is 32.2. The quantitative estimate of drug-likeness (QED) is 0.496. The maximum Gasteiger partial charge on any atom is 0.264 e. The molecule has 2 bridgehead atoms. The summed E-state index contributed by atoms with van der Waals surface area (Å²) in [5.41, 5.74) is 0. The molecule has 6 heteroatoms. The lowest BCUT2D eigenvalue weighted by molar-refractivity contribution is -0.0364. The highest BCUT2D eigenvalue weighted by Gasteiger charge is 2.37. The molecule has 0 amide bonds. The minimum Gasteiger partial charge on any atom is -0.343 e. The van der Waals surface area contributed by atoms with Crippen molar-refractivity contribution in [1.29, 1.82) is 0 Å². The first-order valence-corrected chi connectivity index (χ1v) is 6.18. The lowest BCUT2D eigenvalue weighted by Crippen LogP contribution is -2.28. The molecule has 1 saturated heterocycles. The van der Waals surface area contributed by atoms with Crippen molar-refractivity contribution in [3.8, 4) is 0 Å². The average Bonchev–Trinajstić information content (AvgIpc) is 2.37. The van der Waals surface area contributed by atoms with Crippen molar-refractivity contribution in [2.75, 3.05) is 12.9 Å². The van der Waals surface area contributed by atoms with E-state index in [-0.39, 0.29) is 25.1 Å². The summed E-state index contributed by atoms with van der Waals surface area (Å²) in [6.45, 7) is 0.0294. The van der Waals surface area contributed by atoms with Crippen LogP contribution in [0.15, 0.2) is 12.2 Å². The molecule has 0 aromatic carbocycles. The fraction of sp³-hybridized carbons (Fsp3) is 0.750. The average molecular weight is 220 g/mol. The second kappa shape index (κ2) is 3.62. The predicted octanol–water partition coefficient (Wildman–Crippen LogP) is 0.0326. The fourth-order valence-electron chi connectivity index (χ4n) is 1.51. The van der Waals surface area contributed by atoms with Crippen molar-refractivity contribution in [2.45, 2.75) is 24.9 Å². The molecule has 2 rings (SSSR count). The van der Waals surface area contributed by atoms with Crippen LogP contribution in [0.5, 0.6) is 0 Å². The Hall–Kier alpha value is -0.430. The van der Waals surface area contributed by atoms with Gasteiger partial charge < -0.3 is 9.47 Å². The van der Waals surface area contributed by atoms with E-state index in [0.717, 1.165) is 12.7 Å². The van der Waals surface area contributed by atoms with Gasteiger partial charge in [-0.25, -0.2) is 0 Å². The van der Waals surface area contributed by atoms with E-state index in [4.69, 9.17) is 9.47 Å². The maximum absolute atomic E-state index is 10.7. The minimum atomic E-state index is -3.40. The van der Waals surface area contributed by atoms with Crippen LogP contribution in [0.2, 0.25) is 0 Å². The summed E-state index contributed by atoms with van der Waals surface area (Å²) < 4.78 is 36.9. The Kier molecular flexibility index (Phi) is 2.61. The van der Waals surface area contributed by atoms with E-state index in [0.29, 0.717) is 0 Å². The lowest BCUT2D eigenvalue weighted by Gasteiger charge is -2.14. The fourth-order valence-corrected chi connectivity index (χ4v) is 1.89. The van der Waals surface area contributed by atoms with Gasteiger partial charge >= 0.3 is 0 Å². The molecular formula is C8H12O5S. The molecular weight excluding hydrogens is 208 g/mol. The summed E-state index contributed by atoms with van der Waals surface area (Å²) in [6.07, 6.45) is 4.86. The maximum atomic E-state index is 10.7. The second-order valence-electron chi connectivity index (χ2n) is 3.37. The van der Waals surface area contributed by atoms with Crippen LogP contribution in [0, 0.1) is 0 Å². The smallest absolute Gasteiger partial charge is 0.264 e. The third kappa shape index (κ3) is 2.33. The Morgan fingerprint density at radius 2 is 2.29 bits per heavy atom. The molecule has 0 aliphatic carbocycles. The zero-order valence-corrected chi connectivity index (χ0v) is 8.57. The molecule has 2 aliphatic heterocycles. The number of hydrogen-bond donors (Lipinski definition) is 0. The van der Waals surface area contributed by atoms with Gasteiger partial charge in [-0.1, -0.05) is 6.08 Å². The van der Waals surface area contributed by atoms with Crippen molar-refractivity contribution < 1.29 is 22.1 Å². The van der Waals surface area contributed by atoms with Crippen LogP contribution in [0.3, 0.4) is 0 Å². The Morgan fingerprint density at radius 1 is 1.50 bits per heavy atom. The molecule has 0 radical (unpaired) electrons. The number of fused-ring (bicyclic) bond motifs is 2. The van der Waals surface area contributed by atoms with Crippen LogP contribution >= 0.6 is 0 Å². The van der Waals surface area contributed by atoms with Gasteiger partial charge in [-0.15, -0.1) is 0 Å². The van der Waals surface area contributed by atoms with E-state index in [1.54, 1.807) is 0 Å². The molecule has 2 aliphatic rings. The molecule has 0 N–H and O–H groups in total.